The van der Waals surface area contributed by atoms with E-state index in [9.17, 15) is 15.0 Å². The molecule has 0 unspecified atom stereocenters. The maximum Gasteiger partial charge on any atom is 0.251 e. The number of hydrogen-bond donors (Lipinski definition) is 3. The van der Waals surface area contributed by atoms with Gasteiger partial charge in [0.2, 0.25) is 0 Å². The van der Waals surface area contributed by atoms with Crippen molar-refractivity contribution >= 4 is 11.6 Å². The fourth-order valence-corrected chi connectivity index (χ4v) is 4.80. The van der Waals surface area contributed by atoms with Crippen LogP contribution >= 0.6 is 0 Å². The molecule has 2 fully saturated rings. The number of para-hydroxylation sites is 1. The normalized spacial score (nSPS) is 19.1. The zero-order valence-electron chi connectivity index (χ0n) is 19.8. The molecule has 1 saturated heterocycles. The molecular weight excluding hydrogens is 430 g/mol. The van der Waals surface area contributed by atoms with Gasteiger partial charge in [-0.3, -0.25) is 9.69 Å². The van der Waals surface area contributed by atoms with E-state index in [1.165, 1.54) is 31.4 Å². The average Bonchev–Trinajstić information content (AvgIpc) is 3.40. The Hall–Kier alpha value is -2.61. The van der Waals surface area contributed by atoms with Crippen LogP contribution in [0.15, 0.2) is 54.6 Å². The van der Waals surface area contributed by atoms with Gasteiger partial charge in [0.15, 0.2) is 6.10 Å². The van der Waals surface area contributed by atoms with Crippen LogP contribution in [0.1, 0.15) is 31.2 Å². The number of nitrogens with one attached hydrogen (secondary N) is 1. The number of benzene rings is 2. The number of anilines is 1. The number of carbonyl (C=O) groups excluding carboxylic acids is 1. The van der Waals surface area contributed by atoms with Crippen molar-refractivity contribution in [3.05, 3.63) is 60.2 Å². The molecule has 1 aliphatic carbocycles. The molecule has 1 heterocycles. The molecule has 7 nitrogen and oxygen atoms in total. The van der Waals surface area contributed by atoms with Crippen LogP contribution in [0.3, 0.4) is 0 Å². The summed E-state index contributed by atoms with van der Waals surface area (Å²) in [5.74, 6) is 0.878. The fourth-order valence-electron chi connectivity index (χ4n) is 4.80. The molecule has 34 heavy (non-hydrogen) atoms. The van der Waals surface area contributed by atoms with E-state index in [-0.39, 0.29) is 13.1 Å². The van der Waals surface area contributed by atoms with Crippen molar-refractivity contribution in [3.63, 3.8) is 0 Å². The van der Waals surface area contributed by atoms with Crippen molar-refractivity contribution < 1.29 is 19.7 Å². The van der Waals surface area contributed by atoms with Gasteiger partial charge in [-0.05, 0) is 48.6 Å². The minimum atomic E-state index is -1.46. The molecule has 1 saturated carbocycles. The van der Waals surface area contributed by atoms with Gasteiger partial charge in [0.1, 0.15) is 11.9 Å². The molecule has 1 aliphatic heterocycles. The number of hydrogen-bond acceptors (Lipinski definition) is 6. The molecule has 1 amide bonds. The summed E-state index contributed by atoms with van der Waals surface area (Å²) in [7, 11) is 0. The highest BCUT2D eigenvalue weighted by Crippen LogP contribution is 2.26. The molecule has 2 atom stereocenters. The van der Waals surface area contributed by atoms with Gasteiger partial charge < -0.3 is 25.2 Å². The molecule has 2 aromatic rings. The third kappa shape index (κ3) is 6.95. The summed E-state index contributed by atoms with van der Waals surface area (Å²) >= 11 is 0. The van der Waals surface area contributed by atoms with Crippen molar-refractivity contribution in [1.29, 1.82) is 0 Å². The first-order valence-corrected chi connectivity index (χ1v) is 12.5. The Balaban J connectivity index is 1.18. The van der Waals surface area contributed by atoms with E-state index in [1.54, 1.807) is 0 Å². The SMILES string of the molecule is O=C(NCc1cccc(OCC2CCCC2)c1)[C@H](O)[C@@H](O)CN1CCN(c2ccccc2)CC1. The van der Waals surface area contributed by atoms with Gasteiger partial charge in [-0.2, -0.15) is 0 Å². The Bertz CT molecular complexity index is 896. The van der Waals surface area contributed by atoms with Crippen molar-refractivity contribution in [2.45, 2.75) is 44.4 Å². The molecule has 7 heteroatoms. The van der Waals surface area contributed by atoms with Crippen molar-refractivity contribution in [3.8, 4) is 5.75 Å². The van der Waals surface area contributed by atoms with E-state index < -0.39 is 18.1 Å². The van der Waals surface area contributed by atoms with Crippen LogP contribution in [-0.2, 0) is 11.3 Å². The first kappa shape index (κ1) is 24.5. The molecule has 4 rings (SSSR count). The highest BCUT2D eigenvalue weighted by atomic mass is 16.5. The van der Waals surface area contributed by atoms with Gasteiger partial charge in [-0.15, -0.1) is 0 Å². The minimum Gasteiger partial charge on any atom is -0.493 e. The summed E-state index contributed by atoms with van der Waals surface area (Å²) < 4.78 is 5.93. The fraction of sp³-hybridized carbons (Fsp3) is 0.519. The third-order valence-corrected chi connectivity index (χ3v) is 6.90. The van der Waals surface area contributed by atoms with Gasteiger partial charge in [0.25, 0.3) is 5.91 Å². The van der Waals surface area contributed by atoms with Crippen molar-refractivity contribution in [2.75, 3.05) is 44.2 Å². The predicted octanol–water partition coefficient (Wildman–Crippen LogP) is 2.42. The van der Waals surface area contributed by atoms with Crippen LogP contribution in [-0.4, -0.2) is 72.6 Å². The molecule has 184 valence electrons. The lowest BCUT2D eigenvalue weighted by Crippen LogP contribution is -2.52. The van der Waals surface area contributed by atoms with Crippen molar-refractivity contribution in [1.82, 2.24) is 10.2 Å². The molecular formula is C27H37N3O4. The number of rotatable bonds is 10. The minimum absolute atomic E-state index is 0.266. The molecule has 0 spiro atoms. The van der Waals surface area contributed by atoms with Crippen LogP contribution in [0.2, 0.25) is 0 Å². The van der Waals surface area contributed by atoms with E-state index in [1.807, 2.05) is 42.5 Å². The Labute approximate surface area is 202 Å². The molecule has 0 aromatic heterocycles. The van der Waals surface area contributed by atoms with Crippen LogP contribution < -0.4 is 15.0 Å². The van der Waals surface area contributed by atoms with Gasteiger partial charge in [0, 0.05) is 45.0 Å². The first-order valence-electron chi connectivity index (χ1n) is 12.5. The maximum absolute atomic E-state index is 12.4. The lowest BCUT2D eigenvalue weighted by molar-refractivity contribution is -0.136. The highest BCUT2D eigenvalue weighted by molar-refractivity contribution is 5.81. The van der Waals surface area contributed by atoms with Crippen molar-refractivity contribution in [2.24, 2.45) is 5.92 Å². The summed E-state index contributed by atoms with van der Waals surface area (Å²) in [6.07, 6.45) is 2.45. The smallest absolute Gasteiger partial charge is 0.251 e. The van der Waals surface area contributed by atoms with Gasteiger partial charge in [0.05, 0.1) is 6.61 Å². The van der Waals surface area contributed by atoms with E-state index in [4.69, 9.17) is 4.74 Å². The summed E-state index contributed by atoms with van der Waals surface area (Å²) in [6.45, 7) is 4.51. The van der Waals surface area contributed by atoms with Crippen LogP contribution in [0.5, 0.6) is 5.75 Å². The molecule has 2 aromatic carbocycles. The van der Waals surface area contributed by atoms with Crippen LogP contribution in [0.25, 0.3) is 0 Å². The number of aliphatic hydroxyl groups excluding tert-OH is 2. The number of β-amino-alcohol motifs (C(OH)–C–C–N with tert-alkyl or cyclic N) is 1. The Morgan fingerprint density at radius 2 is 1.74 bits per heavy atom. The third-order valence-electron chi connectivity index (χ3n) is 6.90. The average molecular weight is 468 g/mol. The van der Waals surface area contributed by atoms with E-state index in [0.717, 1.165) is 44.1 Å². The lowest BCUT2D eigenvalue weighted by Gasteiger charge is -2.37. The number of piperazine rings is 1. The van der Waals surface area contributed by atoms with Gasteiger partial charge in [-0.25, -0.2) is 0 Å². The number of carbonyl (C=O) groups is 1. The summed E-state index contributed by atoms with van der Waals surface area (Å²) in [5.41, 5.74) is 2.09. The summed E-state index contributed by atoms with van der Waals surface area (Å²) in [5, 5.41) is 23.6. The predicted molar refractivity (Wildman–Crippen MR) is 133 cm³/mol. The second-order valence-corrected chi connectivity index (χ2v) is 9.46. The topological polar surface area (TPSA) is 85.3 Å². The number of amides is 1. The van der Waals surface area contributed by atoms with E-state index in [0.29, 0.717) is 5.92 Å². The molecule has 0 bridgehead atoms. The zero-order chi connectivity index (χ0) is 23.8. The second kappa shape index (κ2) is 12.2. The second-order valence-electron chi connectivity index (χ2n) is 9.46. The lowest BCUT2D eigenvalue weighted by atomic mass is 10.1. The Morgan fingerprint density at radius 3 is 2.47 bits per heavy atom. The number of nitrogens with zero attached hydrogens (tertiary/aromatic N) is 2. The van der Waals surface area contributed by atoms with E-state index in [2.05, 4.69) is 27.2 Å². The van der Waals surface area contributed by atoms with Gasteiger partial charge >= 0.3 is 0 Å². The maximum atomic E-state index is 12.4. The first-order chi connectivity index (χ1) is 16.6. The Morgan fingerprint density at radius 1 is 1.00 bits per heavy atom. The number of ether oxygens (including phenoxy) is 1. The molecule has 3 N–H and O–H groups in total. The van der Waals surface area contributed by atoms with Gasteiger partial charge in [-0.1, -0.05) is 43.2 Å². The molecule has 2 aliphatic rings. The van der Waals surface area contributed by atoms with Crippen LogP contribution in [0.4, 0.5) is 5.69 Å². The number of aliphatic hydroxyl groups is 2. The largest absolute Gasteiger partial charge is 0.493 e. The Kier molecular flexibility index (Phi) is 8.79. The summed E-state index contributed by atoms with van der Waals surface area (Å²) in [4.78, 5) is 16.8. The summed E-state index contributed by atoms with van der Waals surface area (Å²) in [6, 6.07) is 17.9. The quantitative estimate of drug-likeness (QED) is 0.498. The standard InChI is InChI=1S/C27H37N3O4/c31-25(19-29-13-15-30(16-14-29)23-10-2-1-3-11-23)26(32)27(33)28-18-22-9-6-12-24(17-22)34-20-21-7-4-5-8-21/h1-3,6,9-12,17,21,25-26,31-32H,4-5,7-8,13-16,18-20H2,(H,28,33)/t25-,26+/m0/s1. The highest BCUT2D eigenvalue weighted by Gasteiger charge is 2.27. The monoisotopic (exact) mass is 467 g/mol. The van der Waals surface area contributed by atoms with Crippen LogP contribution in [0, 0.1) is 5.92 Å². The van der Waals surface area contributed by atoms with E-state index >= 15 is 0 Å². The zero-order valence-corrected chi connectivity index (χ0v) is 19.8. The molecule has 0 radical (unpaired) electrons.